The number of ether oxygens (including phenoxy) is 2. The third-order valence-electron chi connectivity index (χ3n) is 7.02. The molecule has 2 aliphatic rings. The maximum Gasteiger partial charge on any atom is 0.165 e. The van der Waals surface area contributed by atoms with Crippen LogP contribution < -0.4 is 0 Å². The van der Waals surface area contributed by atoms with Crippen molar-refractivity contribution in [1.82, 2.24) is 0 Å². The number of rotatable bonds is 8. The van der Waals surface area contributed by atoms with Crippen molar-refractivity contribution in [2.24, 2.45) is 5.92 Å². The third-order valence-corrected chi connectivity index (χ3v) is 7.02. The first-order valence-electron chi connectivity index (χ1n) is 12.3. The van der Waals surface area contributed by atoms with Crippen LogP contribution in [-0.4, -0.2) is 25.9 Å². The first-order valence-corrected chi connectivity index (χ1v) is 12.3. The standard InChI is InChI=1S/C29H33F3O2/c1-19-7-8-21(18-34-19)6-4-3-5-20-9-14-24(26(30)17-20)22-10-12-23(13-11-22)25-15-16-27(33-2)29(32)28(25)31/h9-15,17,19,21,27H,3-8,16,18H2,1-2H3. The van der Waals surface area contributed by atoms with Crippen LogP contribution in [0.15, 0.2) is 60.2 Å². The fraction of sp³-hybridized carbons (Fsp3) is 0.448. The Morgan fingerprint density at radius 3 is 2.41 bits per heavy atom. The van der Waals surface area contributed by atoms with Crippen LogP contribution in [0, 0.1) is 11.7 Å². The average Bonchev–Trinajstić information content (AvgIpc) is 2.85. The van der Waals surface area contributed by atoms with Crippen LogP contribution in [0.3, 0.4) is 0 Å². The van der Waals surface area contributed by atoms with Gasteiger partial charge in [-0.1, -0.05) is 48.9 Å². The van der Waals surface area contributed by atoms with Gasteiger partial charge in [-0.2, -0.15) is 0 Å². The fourth-order valence-electron chi connectivity index (χ4n) is 4.84. The molecule has 2 nitrogen and oxygen atoms in total. The van der Waals surface area contributed by atoms with E-state index in [0.717, 1.165) is 37.9 Å². The van der Waals surface area contributed by atoms with Crippen LogP contribution in [0.1, 0.15) is 56.6 Å². The van der Waals surface area contributed by atoms with E-state index in [1.54, 1.807) is 42.5 Å². The van der Waals surface area contributed by atoms with Crippen LogP contribution in [-0.2, 0) is 15.9 Å². The minimum Gasteiger partial charge on any atom is -0.378 e. The zero-order chi connectivity index (χ0) is 24.1. The Bertz CT molecular complexity index is 1030. The Hall–Kier alpha value is -2.37. The first kappa shape index (κ1) is 24.7. The largest absolute Gasteiger partial charge is 0.378 e. The molecule has 0 saturated carbocycles. The molecule has 4 rings (SSSR count). The molecule has 1 fully saturated rings. The van der Waals surface area contributed by atoms with Gasteiger partial charge in [0.1, 0.15) is 11.9 Å². The second kappa shape index (κ2) is 11.4. The summed E-state index contributed by atoms with van der Waals surface area (Å²) < 4.78 is 54.1. The topological polar surface area (TPSA) is 18.5 Å². The highest BCUT2D eigenvalue weighted by Crippen LogP contribution is 2.36. The summed E-state index contributed by atoms with van der Waals surface area (Å²) in [6.07, 6.45) is 8.00. The maximum absolute atomic E-state index is 14.9. The van der Waals surface area contributed by atoms with E-state index in [-0.39, 0.29) is 17.8 Å². The number of hydrogen-bond donors (Lipinski definition) is 0. The number of hydrogen-bond acceptors (Lipinski definition) is 2. The maximum atomic E-state index is 14.9. The van der Waals surface area contributed by atoms with E-state index >= 15 is 0 Å². The lowest BCUT2D eigenvalue weighted by molar-refractivity contribution is -0.00763. The van der Waals surface area contributed by atoms with Crippen molar-refractivity contribution < 1.29 is 22.6 Å². The van der Waals surface area contributed by atoms with Crippen molar-refractivity contribution in [2.75, 3.05) is 13.7 Å². The lowest BCUT2D eigenvalue weighted by Crippen LogP contribution is -2.23. The van der Waals surface area contributed by atoms with Gasteiger partial charge in [-0.25, -0.2) is 13.2 Å². The van der Waals surface area contributed by atoms with E-state index < -0.39 is 17.8 Å². The molecule has 0 aromatic heterocycles. The van der Waals surface area contributed by atoms with Crippen LogP contribution in [0.4, 0.5) is 13.2 Å². The molecule has 5 heteroatoms. The predicted octanol–water partition coefficient (Wildman–Crippen LogP) is 7.97. The molecule has 3 unspecified atom stereocenters. The van der Waals surface area contributed by atoms with E-state index in [2.05, 4.69) is 6.92 Å². The van der Waals surface area contributed by atoms with Gasteiger partial charge in [0.25, 0.3) is 0 Å². The molecule has 182 valence electrons. The summed E-state index contributed by atoms with van der Waals surface area (Å²) in [6.45, 7) is 3.00. The van der Waals surface area contributed by atoms with Crippen LogP contribution in [0.25, 0.3) is 16.7 Å². The van der Waals surface area contributed by atoms with E-state index in [4.69, 9.17) is 9.47 Å². The summed E-state index contributed by atoms with van der Waals surface area (Å²) in [5.74, 6) is -1.39. The van der Waals surface area contributed by atoms with E-state index in [1.165, 1.54) is 20.0 Å². The van der Waals surface area contributed by atoms with Crippen LogP contribution in [0.2, 0.25) is 0 Å². The van der Waals surface area contributed by atoms with Crippen molar-refractivity contribution in [3.8, 4) is 11.1 Å². The van der Waals surface area contributed by atoms with E-state index in [9.17, 15) is 13.2 Å². The van der Waals surface area contributed by atoms with Gasteiger partial charge in [-0.05, 0) is 74.1 Å². The quantitative estimate of drug-likeness (QED) is 0.364. The van der Waals surface area contributed by atoms with Crippen molar-refractivity contribution in [3.63, 3.8) is 0 Å². The summed E-state index contributed by atoms with van der Waals surface area (Å²) in [4.78, 5) is 0. The lowest BCUT2D eigenvalue weighted by Gasteiger charge is -2.26. The smallest absolute Gasteiger partial charge is 0.165 e. The summed E-state index contributed by atoms with van der Waals surface area (Å²) in [6, 6.07) is 12.3. The number of halogens is 3. The lowest BCUT2D eigenvalue weighted by atomic mass is 9.92. The second-order valence-corrected chi connectivity index (χ2v) is 9.46. The monoisotopic (exact) mass is 470 g/mol. The normalized spacial score (nSPS) is 23.2. The summed E-state index contributed by atoms with van der Waals surface area (Å²) in [5.41, 5.74) is 2.97. The zero-order valence-electron chi connectivity index (χ0n) is 20.0. The molecule has 0 bridgehead atoms. The Labute approximate surface area is 200 Å². The van der Waals surface area contributed by atoms with Gasteiger partial charge in [-0.15, -0.1) is 0 Å². The molecular weight excluding hydrogens is 437 g/mol. The number of unbranched alkanes of at least 4 members (excludes halogenated alkanes) is 1. The van der Waals surface area contributed by atoms with Gasteiger partial charge in [-0.3, -0.25) is 0 Å². The molecule has 0 N–H and O–H groups in total. The minimum atomic E-state index is -0.896. The molecule has 1 aliphatic heterocycles. The number of aryl methyl sites for hydroxylation is 1. The van der Waals surface area contributed by atoms with Gasteiger partial charge in [0.05, 0.1) is 6.10 Å². The Morgan fingerprint density at radius 1 is 0.971 bits per heavy atom. The minimum absolute atomic E-state index is 0.211. The second-order valence-electron chi connectivity index (χ2n) is 9.46. The molecule has 34 heavy (non-hydrogen) atoms. The zero-order valence-corrected chi connectivity index (χ0v) is 20.0. The van der Waals surface area contributed by atoms with Crippen LogP contribution >= 0.6 is 0 Å². The van der Waals surface area contributed by atoms with E-state index in [1.807, 2.05) is 6.07 Å². The number of methoxy groups -OCH3 is 1. The van der Waals surface area contributed by atoms with Crippen LogP contribution in [0.5, 0.6) is 0 Å². The molecule has 0 radical (unpaired) electrons. The molecule has 0 spiro atoms. The molecule has 1 saturated heterocycles. The first-order chi connectivity index (χ1) is 16.5. The van der Waals surface area contributed by atoms with Crippen molar-refractivity contribution >= 4 is 5.57 Å². The Morgan fingerprint density at radius 2 is 1.74 bits per heavy atom. The Balaban J connectivity index is 1.34. The van der Waals surface area contributed by atoms with Gasteiger partial charge in [0, 0.05) is 24.9 Å². The highest BCUT2D eigenvalue weighted by Gasteiger charge is 2.26. The van der Waals surface area contributed by atoms with Gasteiger partial charge in [0.15, 0.2) is 11.7 Å². The summed E-state index contributed by atoms with van der Waals surface area (Å²) in [7, 11) is 1.36. The number of benzene rings is 2. The van der Waals surface area contributed by atoms with Crippen molar-refractivity contribution in [3.05, 3.63) is 77.1 Å². The summed E-state index contributed by atoms with van der Waals surface area (Å²) in [5, 5.41) is 0. The molecule has 3 atom stereocenters. The fourth-order valence-corrected chi connectivity index (χ4v) is 4.84. The SMILES string of the molecule is COC1CC=C(c2ccc(-c3ccc(CCCCC4CCC(C)OC4)cc3F)cc2)C(F)=C1F. The van der Waals surface area contributed by atoms with Crippen molar-refractivity contribution in [2.45, 2.75) is 64.1 Å². The van der Waals surface area contributed by atoms with Gasteiger partial charge in [0.2, 0.25) is 0 Å². The van der Waals surface area contributed by atoms with Crippen molar-refractivity contribution in [1.29, 1.82) is 0 Å². The van der Waals surface area contributed by atoms with E-state index in [0.29, 0.717) is 28.7 Å². The molecular formula is C29H33F3O2. The molecule has 1 aliphatic carbocycles. The third kappa shape index (κ3) is 5.81. The van der Waals surface area contributed by atoms with Gasteiger partial charge < -0.3 is 9.47 Å². The highest BCUT2D eigenvalue weighted by molar-refractivity contribution is 5.80. The summed E-state index contributed by atoms with van der Waals surface area (Å²) >= 11 is 0. The Kier molecular flexibility index (Phi) is 8.28. The molecule has 2 aromatic carbocycles. The molecule has 0 amide bonds. The molecule has 2 aromatic rings. The van der Waals surface area contributed by atoms with Gasteiger partial charge >= 0.3 is 0 Å². The predicted molar refractivity (Wildman–Crippen MR) is 130 cm³/mol. The average molecular weight is 471 g/mol. The molecule has 1 heterocycles. The number of allylic oxidation sites excluding steroid dienone is 2. The highest BCUT2D eigenvalue weighted by atomic mass is 19.2.